The van der Waals surface area contributed by atoms with E-state index in [0.717, 1.165) is 0 Å². The van der Waals surface area contributed by atoms with Crippen LogP contribution in [0.2, 0.25) is 0 Å². The summed E-state index contributed by atoms with van der Waals surface area (Å²) in [4.78, 5) is 1.39. The molecule has 2 rings (SSSR count). The number of thiophene rings is 2. The first-order valence-corrected chi connectivity index (χ1v) is 7.53. The Morgan fingerprint density at radius 2 is 2.08 bits per heavy atom. The lowest BCUT2D eigenvalue weighted by molar-refractivity contribution is 1.40. The highest BCUT2D eigenvalue weighted by molar-refractivity contribution is 8.04. The molecule has 0 saturated heterocycles. The molecule has 0 aromatic carbocycles. The third-order valence-corrected chi connectivity index (χ3v) is 5.93. The highest BCUT2D eigenvalue weighted by atomic mass is 32.2. The molecule has 2 aromatic heterocycles. The van der Waals surface area contributed by atoms with E-state index in [4.69, 9.17) is 0 Å². The van der Waals surface area contributed by atoms with E-state index < -0.39 is 0 Å². The van der Waals surface area contributed by atoms with Gasteiger partial charge in [-0.05, 0) is 29.1 Å². The van der Waals surface area contributed by atoms with E-state index in [0.29, 0.717) is 0 Å². The zero-order valence-corrected chi connectivity index (χ0v) is 10.3. The lowest BCUT2D eigenvalue weighted by atomic mass is 10.7. The molecule has 0 aliphatic heterocycles. The van der Waals surface area contributed by atoms with Crippen molar-refractivity contribution in [1.29, 1.82) is 0 Å². The van der Waals surface area contributed by atoms with E-state index in [1.165, 1.54) is 13.3 Å². The lowest BCUT2D eigenvalue weighted by Gasteiger charge is -1.96. The van der Waals surface area contributed by atoms with Crippen molar-refractivity contribution in [3.63, 3.8) is 0 Å². The maximum atomic E-state index is 2.20. The Morgan fingerprint density at radius 1 is 1.15 bits per heavy atom. The largest absolute Gasteiger partial charge is 0.137 e. The summed E-state index contributed by atoms with van der Waals surface area (Å²) in [5.41, 5.74) is 0. The number of hydrogen-bond acceptors (Lipinski definition) is 4. The molecule has 0 saturated carbocycles. The first kappa shape index (κ1) is 9.65. The second kappa shape index (κ2) is 4.55. The van der Waals surface area contributed by atoms with Crippen LogP contribution in [0.25, 0.3) is 0 Å². The average molecular weight is 244 g/mol. The third kappa shape index (κ3) is 2.31. The van der Waals surface area contributed by atoms with Gasteiger partial charge >= 0.3 is 0 Å². The van der Waals surface area contributed by atoms with E-state index in [-0.39, 0.29) is 0 Å². The van der Waals surface area contributed by atoms with Crippen molar-refractivity contribution in [3.05, 3.63) is 29.0 Å². The summed E-state index contributed by atoms with van der Waals surface area (Å²) in [6.07, 6.45) is 2.13. The third-order valence-electron chi connectivity index (χ3n) is 1.49. The van der Waals surface area contributed by atoms with Gasteiger partial charge in [0.05, 0.1) is 8.42 Å². The van der Waals surface area contributed by atoms with E-state index in [1.54, 1.807) is 11.3 Å². The Kier molecular flexibility index (Phi) is 3.38. The molecule has 68 valence electrons. The number of thioether (sulfide) groups is 1. The van der Waals surface area contributed by atoms with Crippen LogP contribution in [0.4, 0.5) is 0 Å². The molecule has 0 aliphatic rings. The first-order valence-electron chi connectivity index (χ1n) is 3.73. The van der Waals surface area contributed by atoms with E-state index >= 15 is 0 Å². The van der Waals surface area contributed by atoms with Crippen molar-refractivity contribution in [2.45, 2.75) is 13.3 Å². The van der Waals surface area contributed by atoms with Crippen LogP contribution in [0.3, 0.4) is 0 Å². The minimum Gasteiger partial charge on any atom is -0.137 e. The summed E-state index contributed by atoms with van der Waals surface area (Å²) in [6.45, 7) is 0. The highest BCUT2D eigenvalue weighted by Gasteiger charge is 2.04. The standard InChI is InChI=1S/C9H8S4/c1-10-9-7(4-6-12-9)13-8-3-2-5-11-8/h2-6H,1H3. The topological polar surface area (TPSA) is 0 Å². The van der Waals surface area contributed by atoms with Crippen molar-refractivity contribution in [1.82, 2.24) is 0 Å². The molecule has 0 unspecified atom stereocenters. The molecular formula is C9H8S4. The molecule has 0 aliphatic carbocycles. The SMILES string of the molecule is CSc1sccc1Sc1cccs1. The Hall–Kier alpha value is 0.1000. The Bertz CT molecular complexity index is 361. The number of rotatable bonds is 3. The van der Waals surface area contributed by atoms with Gasteiger partial charge in [-0.3, -0.25) is 0 Å². The van der Waals surface area contributed by atoms with Gasteiger partial charge in [0.2, 0.25) is 0 Å². The van der Waals surface area contributed by atoms with Gasteiger partial charge in [0.15, 0.2) is 0 Å². The molecule has 13 heavy (non-hydrogen) atoms. The molecule has 0 atom stereocenters. The zero-order chi connectivity index (χ0) is 9.10. The van der Waals surface area contributed by atoms with Gasteiger partial charge in [0, 0.05) is 4.90 Å². The maximum absolute atomic E-state index is 2.20. The van der Waals surface area contributed by atoms with Crippen molar-refractivity contribution in [2.75, 3.05) is 6.26 Å². The first-order chi connectivity index (χ1) is 6.40. The van der Waals surface area contributed by atoms with Crippen LogP contribution in [0.15, 0.2) is 42.3 Å². The van der Waals surface area contributed by atoms with Crippen LogP contribution < -0.4 is 0 Å². The van der Waals surface area contributed by atoms with Gasteiger partial charge in [-0.15, -0.1) is 34.4 Å². The van der Waals surface area contributed by atoms with Gasteiger partial charge in [0.25, 0.3) is 0 Å². The van der Waals surface area contributed by atoms with Crippen LogP contribution in [0, 0.1) is 0 Å². The van der Waals surface area contributed by atoms with Crippen molar-refractivity contribution < 1.29 is 0 Å². The molecule has 4 heteroatoms. The number of hydrogen-bond donors (Lipinski definition) is 0. The summed E-state index contributed by atoms with van der Waals surface area (Å²) in [5, 5.41) is 4.27. The predicted octanol–water partition coefficient (Wildman–Crippen LogP) is 4.68. The van der Waals surface area contributed by atoms with Gasteiger partial charge in [-0.2, -0.15) is 0 Å². The molecule has 2 heterocycles. The minimum atomic E-state index is 1.37. The normalized spacial score (nSPS) is 10.5. The van der Waals surface area contributed by atoms with Gasteiger partial charge in [-0.25, -0.2) is 0 Å². The van der Waals surface area contributed by atoms with E-state index in [1.807, 2.05) is 34.9 Å². The average Bonchev–Trinajstić information content (AvgIpc) is 2.76. The highest BCUT2D eigenvalue weighted by Crippen LogP contribution is 2.39. The van der Waals surface area contributed by atoms with Crippen LogP contribution >= 0.6 is 46.2 Å². The van der Waals surface area contributed by atoms with Crippen LogP contribution in [-0.2, 0) is 0 Å². The second-order valence-electron chi connectivity index (χ2n) is 2.31. The smallest absolute Gasteiger partial charge is 0.0735 e. The van der Waals surface area contributed by atoms with Gasteiger partial charge < -0.3 is 0 Å². The molecule has 0 spiro atoms. The quantitative estimate of drug-likeness (QED) is 0.719. The van der Waals surface area contributed by atoms with Crippen molar-refractivity contribution >= 4 is 46.2 Å². The maximum Gasteiger partial charge on any atom is 0.0735 e. The van der Waals surface area contributed by atoms with Crippen molar-refractivity contribution in [3.8, 4) is 0 Å². The molecule has 0 N–H and O–H groups in total. The van der Waals surface area contributed by atoms with Crippen LogP contribution in [0.1, 0.15) is 0 Å². The molecule has 0 fully saturated rings. The second-order valence-corrected chi connectivity index (χ2v) is 6.59. The Balaban J connectivity index is 2.18. The molecule has 0 bridgehead atoms. The fourth-order valence-corrected chi connectivity index (χ4v) is 4.66. The lowest BCUT2D eigenvalue weighted by Crippen LogP contribution is -1.65. The summed E-state index contributed by atoms with van der Waals surface area (Å²) in [5.74, 6) is 0. The molecule has 0 amide bonds. The fraction of sp³-hybridized carbons (Fsp3) is 0.111. The summed E-state index contributed by atoms with van der Waals surface area (Å²) in [6, 6.07) is 6.45. The van der Waals surface area contributed by atoms with Crippen molar-refractivity contribution in [2.24, 2.45) is 0 Å². The Morgan fingerprint density at radius 3 is 2.77 bits per heavy atom. The monoisotopic (exact) mass is 244 g/mol. The zero-order valence-electron chi connectivity index (χ0n) is 7.02. The van der Waals surface area contributed by atoms with E-state index in [9.17, 15) is 0 Å². The molecule has 0 nitrogen and oxygen atoms in total. The molecule has 2 aromatic rings. The Labute approximate surface area is 94.4 Å². The van der Waals surface area contributed by atoms with Crippen LogP contribution in [0.5, 0.6) is 0 Å². The molecular weight excluding hydrogens is 236 g/mol. The minimum absolute atomic E-state index is 1.37. The predicted molar refractivity (Wildman–Crippen MR) is 64.5 cm³/mol. The van der Waals surface area contributed by atoms with E-state index in [2.05, 4.69) is 35.2 Å². The van der Waals surface area contributed by atoms with Gasteiger partial charge in [-0.1, -0.05) is 17.8 Å². The summed E-state index contributed by atoms with van der Waals surface area (Å²) in [7, 11) is 0. The van der Waals surface area contributed by atoms with Crippen LogP contribution in [-0.4, -0.2) is 6.26 Å². The fourth-order valence-electron chi connectivity index (χ4n) is 0.938. The summed E-state index contributed by atoms with van der Waals surface area (Å²) >= 11 is 7.30. The van der Waals surface area contributed by atoms with Gasteiger partial charge in [0.1, 0.15) is 0 Å². The summed E-state index contributed by atoms with van der Waals surface area (Å²) < 4.78 is 2.78. The molecule has 0 radical (unpaired) electrons.